The quantitative estimate of drug-likeness (QED) is 0.912. The van der Waals surface area contributed by atoms with E-state index < -0.39 is 0 Å². The Morgan fingerprint density at radius 1 is 1.48 bits per heavy atom. The highest BCUT2D eigenvalue weighted by Gasteiger charge is 2.18. The number of amides is 1. The molecule has 1 aliphatic rings. The predicted molar refractivity (Wildman–Crippen MR) is 87.1 cm³/mol. The Hall–Kier alpha value is -2.21. The summed E-state index contributed by atoms with van der Waals surface area (Å²) in [4.78, 5) is 12.3. The van der Waals surface area contributed by atoms with Crippen LogP contribution in [-0.2, 0) is 6.42 Å². The Morgan fingerprint density at radius 3 is 3.04 bits per heavy atom. The van der Waals surface area contributed by atoms with Gasteiger partial charge in [-0.2, -0.15) is 5.10 Å². The van der Waals surface area contributed by atoms with Crippen molar-refractivity contribution in [3.05, 3.63) is 47.5 Å². The number of aromatic nitrogens is 2. The van der Waals surface area contributed by atoms with E-state index in [0.29, 0.717) is 23.4 Å². The number of rotatable bonds is 4. The smallest absolute Gasteiger partial charge is 0.276 e. The number of nitrogens with zero attached hydrogens (tertiary/aromatic N) is 2. The summed E-state index contributed by atoms with van der Waals surface area (Å²) in [5.41, 5.74) is 1.42. The number of carbonyl (C=O) groups is 1. The Labute approximate surface area is 134 Å². The van der Waals surface area contributed by atoms with Gasteiger partial charge in [0.05, 0.1) is 6.04 Å². The first-order valence-corrected chi connectivity index (χ1v) is 8.03. The minimum Gasteiger partial charge on any atom is -0.320 e. The van der Waals surface area contributed by atoms with E-state index in [0.717, 1.165) is 25.9 Å². The van der Waals surface area contributed by atoms with Crippen molar-refractivity contribution >= 4 is 11.6 Å². The topological polar surface area (TPSA) is 59.0 Å². The summed E-state index contributed by atoms with van der Waals surface area (Å²) in [6.07, 6.45) is 4.61. The van der Waals surface area contributed by atoms with Gasteiger partial charge in [0.25, 0.3) is 5.91 Å². The maximum absolute atomic E-state index is 13.8. The fourth-order valence-corrected chi connectivity index (χ4v) is 2.83. The molecule has 0 aliphatic carbocycles. The van der Waals surface area contributed by atoms with Gasteiger partial charge in [0.2, 0.25) is 0 Å². The fraction of sp³-hybridized carbons (Fsp3) is 0.412. The normalized spacial score (nSPS) is 17.9. The summed E-state index contributed by atoms with van der Waals surface area (Å²) >= 11 is 0. The lowest BCUT2D eigenvalue weighted by Gasteiger charge is -2.22. The van der Waals surface area contributed by atoms with Gasteiger partial charge in [-0.1, -0.05) is 13.0 Å². The molecule has 2 aromatic rings. The molecule has 0 bridgehead atoms. The molecule has 6 heteroatoms. The standard InChI is InChI=1S/C17H21FN4O/c1-2-12-5-6-13(10-15(12)18)20-17(23)16-7-9-22(21-16)14-4-3-8-19-11-14/h5-7,9-10,14,19H,2-4,8,11H2,1H3,(H,20,23). The molecule has 3 rings (SSSR count). The maximum Gasteiger partial charge on any atom is 0.276 e. The lowest BCUT2D eigenvalue weighted by atomic mass is 10.1. The van der Waals surface area contributed by atoms with Crippen LogP contribution in [0.15, 0.2) is 30.5 Å². The SMILES string of the molecule is CCc1ccc(NC(=O)c2ccn(C3CCCNC3)n2)cc1F. The number of halogens is 1. The number of aryl methyl sites for hydroxylation is 1. The van der Waals surface area contributed by atoms with Crippen molar-refractivity contribution in [2.45, 2.75) is 32.2 Å². The van der Waals surface area contributed by atoms with Gasteiger partial charge in [0, 0.05) is 18.4 Å². The summed E-state index contributed by atoms with van der Waals surface area (Å²) in [6.45, 7) is 3.79. The number of nitrogens with one attached hydrogen (secondary N) is 2. The van der Waals surface area contributed by atoms with Crippen LogP contribution in [0.1, 0.15) is 41.9 Å². The highest BCUT2D eigenvalue weighted by Crippen LogP contribution is 2.18. The molecule has 2 heterocycles. The summed E-state index contributed by atoms with van der Waals surface area (Å²) < 4.78 is 15.6. The van der Waals surface area contributed by atoms with Crippen molar-refractivity contribution < 1.29 is 9.18 Å². The van der Waals surface area contributed by atoms with Crippen LogP contribution in [0.5, 0.6) is 0 Å². The second-order valence-electron chi connectivity index (χ2n) is 5.80. The van der Waals surface area contributed by atoms with Gasteiger partial charge in [-0.05, 0) is 49.6 Å². The number of anilines is 1. The number of piperidine rings is 1. The number of hydrogen-bond acceptors (Lipinski definition) is 3. The summed E-state index contributed by atoms with van der Waals surface area (Å²) in [6, 6.07) is 6.73. The zero-order valence-electron chi connectivity index (χ0n) is 13.2. The monoisotopic (exact) mass is 316 g/mol. The Kier molecular flexibility index (Phi) is 4.71. The van der Waals surface area contributed by atoms with Crippen LogP contribution in [0.25, 0.3) is 0 Å². The molecule has 0 radical (unpaired) electrons. The van der Waals surface area contributed by atoms with E-state index in [1.54, 1.807) is 18.2 Å². The zero-order chi connectivity index (χ0) is 16.2. The molecule has 2 N–H and O–H groups in total. The van der Waals surface area contributed by atoms with Crippen molar-refractivity contribution in [3.8, 4) is 0 Å². The predicted octanol–water partition coefficient (Wildman–Crippen LogP) is 2.76. The Morgan fingerprint density at radius 2 is 2.35 bits per heavy atom. The van der Waals surface area contributed by atoms with Crippen LogP contribution >= 0.6 is 0 Å². The molecular weight excluding hydrogens is 295 g/mol. The molecule has 0 saturated carbocycles. The number of hydrogen-bond donors (Lipinski definition) is 2. The summed E-state index contributed by atoms with van der Waals surface area (Å²) in [7, 11) is 0. The van der Waals surface area contributed by atoms with E-state index in [4.69, 9.17) is 0 Å². The molecule has 1 unspecified atom stereocenters. The molecule has 23 heavy (non-hydrogen) atoms. The first kappa shape index (κ1) is 15.7. The van der Waals surface area contributed by atoms with Crippen LogP contribution in [0.3, 0.4) is 0 Å². The molecule has 1 amide bonds. The van der Waals surface area contributed by atoms with Gasteiger partial charge < -0.3 is 10.6 Å². The van der Waals surface area contributed by atoms with Crippen molar-refractivity contribution in [1.29, 1.82) is 0 Å². The minimum absolute atomic E-state index is 0.284. The zero-order valence-corrected chi connectivity index (χ0v) is 13.2. The van der Waals surface area contributed by atoms with Crippen molar-refractivity contribution in [2.24, 2.45) is 0 Å². The van der Waals surface area contributed by atoms with Gasteiger partial charge in [0.1, 0.15) is 5.82 Å². The van der Waals surface area contributed by atoms with E-state index in [1.165, 1.54) is 6.07 Å². The van der Waals surface area contributed by atoms with Crippen LogP contribution in [0.4, 0.5) is 10.1 Å². The van der Waals surface area contributed by atoms with Gasteiger partial charge >= 0.3 is 0 Å². The van der Waals surface area contributed by atoms with E-state index in [2.05, 4.69) is 15.7 Å². The van der Waals surface area contributed by atoms with Crippen LogP contribution in [0, 0.1) is 5.82 Å². The average Bonchev–Trinajstić information content (AvgIpc) is 3.06. The third-order valence-corrected chi connectivity index (χ3v) is 4.18. The second-order valence-corrected chi connectivity index (χ2v) is 5.80. The lowest BCUT2D eigenvalue weighted by Crippen LogP contribution is -2.32. The molecule has 1 fully saturated rings. The summed E-state index contributed by atoms with van der Waals surface area (Å²) in [5.74, 6) is -0.625. The largest absolute Gasteiger partial charge is 0.320 e. The Bertz CT molecular complexity index is 692. The van der Waals surface area contributed by atoms with E-state index >= 15 is 0 Å². The van der Waals surface area contributed by atoms with Crippen molar-refractivity contribution in [2.75, 3.05) is 18.4 Å². The van der Waals surface area contributed by atoms with Crippen LogP contribution < -0.4 is 10.6 Å². The minimum atomic E-state index is -0.323. The number of benzene rings is 1. The highest BCUT2D eigenvalue weighted by atomic mass is 19.1. The van der Waals surface area contributed by atoms with E-state index in [9.17, 15) is 9.18 Å². The van der Waals surface area contributed by atoms with Crippen LogP contribution in [0.2, 0.25) is 0 Å². The first-order chi connectivity index (χ1) is 11.2. The summed E-state index contributed by atoms with van der Waals surface area (Å²) in [5, 5.41) is 10.4. The second kappa shape index (κ2) is 6.91. The molecule has 122 valence electrons. The van der Waals surface area contributed by atoms with Crippen LogP contribution in [-0.4, -0.2) is 28.8 Å². The molecule has 1 aromatic carbocycles. The molecule has 0 spiro atoms. The van der Waals surface area contributed by atoms with Gasteiger partial charge in [0.15, 0.2) is 5.69 Å². The Balaban J connectivity index is 1.68. The molecule has 1 atom stereocenters. The molecule has 1 aromatic heterocycles. The fourth-order valence-electron chi connectivity index (χ4n) is 2.83. The average molecular weight is 316 g/mol. The molecule has 1 saturated heterocycles. The van der Waals surface area contributed by atoms with Gasteiger partial charge in [-0.15, -0.1) is 0 Å². The third kappa shape index (κ3) is 3.59. The van der Waals surface area contributed by atoms with Gasteiger partial charge in [-0.25, -0.2) is 4.39 Å². The molecule has 1 aliphatic heterocycles. The van der Waals surface area contributed by atoms with E-state index in [1.807, 2.05) is 17.8 Å². The van der Waals surface area contributed by atoms with Crippen molar-refractivity contribution in [3.63, 3.8) is 0 Å². The van der Waals surface area contributed by atoms with E-state index in [-0.39, 0.29) is 17.8 Å². The maximum atomic E-state index is 13.8. The lowest BCUT2D eigenvalue weighted by molar-refractivity contribution is 0.102. The number of carbonyl (C=O) groups excluding carboxylic acids is 1. The van der Waals surface area contributed by atoms with Crippen molar-refractivity contribution in [1.82, 2.24) is 15.1 Å². The molecular formula is C17H21FN4O. The molecule has 5 nitrogen and oxygen atoms in total. The van der Waals surface area contributed by atoms with Gasteiger partial charge in [-0.3, -0.25) is 9.48 Å². The first-order valence-electron chi connectivity index (χ1n) is 8.03. The highest BCUT2D eigenvalue weighted by molar-refractivity contribution is 6.02. The third-order valence-electron chi connectivity index (χ3n) is 4.18.